The van der Waals surface area contributed by atoms with Crippen molar-refractivity contribution in [3.63, 3.8) is 0 Å². The second-order valence-corrected chi connectivity index (χ2v) is 10.0. The number of halogens is 4. The summed E-state index contributed by atoms with van der Waals surface area (Å²) in [6.07, 6.45) is 0.861. The van der Waals surface area contributed by atoms with Gasteiger partial charge in [-0.25, -0.2) is 17.6 Å². The lowest BCUT2D eigenvalue weighted by Crippen LogP contribution is -2.68. The molecular weight excluding hydrogens is 494 g/mol. The van der Waals surface area contributed by atoms with E-state index in [1.807, 2.05) is 6.07 Å². The first-order chi connectivity index (χ1) is 17.6. The van der Waals surface area contributed by atoms with Crippen LogP contribution in [-0.4, -0.2) is 58.2 Å². The number of alkyl halides is 2. The number of rotatable bonds is 5. The zero-order valence-electron chi connectivity index (χ0n) is 19.7. The minimum absolute atomic E-state index is 0.00224. The van der Waals surface area contributed by atoms with Gasteiger partial charge < -0.3 is 20.5 Å². The summed E-state index contributed by atoms with van der Waals surface area (Å²) in [6.45, 7) is 0.526. The summed E-state index contributed by atoms with van der Waals surface area (Å²) >= 11 is 0. The molecule has 2 bridgehead atoms. The molecule has 1 aliphatic carbocycles. The van der Waals surface area contributed by atoms with Crippen LogP contribution in [0.3, 0.4) is 0 Å². The molecule has 4 aliphatic rings. The van der Waals surface area contributed by atoms with Gasteiger partial charge in [-0.15, -0.1) is 0 Å². The number of fused-ring (bicyclic) bond motifs is 4. The summed E-state index contributed by atoms with van der Waals surface area (Å²) in [6, 6.07) is 1.14. The Bertz CT molecular complexity index is 1270. The van der Waals surface area contributed by atoms with Gasteiger partial charge in [-0.3, -0.25) is 14.4 Å². The number of piperidine rings is 3. The molecule has 12 heteroatoms. The molecule has 6 rings (SSSR count). The number of carbonyl (C=O) groups excluding carboxylic acids is 3. The highest BCUT2D eigenvalue weighted by Crippen LogP contribution is 2.49. The molecule has 4 heterocycles. The van der Waals surface area contributed by atoms with Crippen molar-refractivity contribution in [2.24, 2.45) is 11.8 Å². The molecule has 3 N–H and O–H groups in total. The highest BCUT2D eigenvalue weighted by molar-refractivity contribution is 6.01. The molecule has 3 amide bonds. The Balaban J connectivity index is 1.43. The second-order valence-electron chi connectivity index (χ2n) is 10.0. The maximum Gasteiger partial charge on any atom is 0.271 e. The van der Waals surface area contributed by atoms with Crippen LogP contribution in [0.5, 0.6) is 0 Å². The van der Waals surface area contributed by atoms with Crippen LogP contribution < -0.4 is 10.6 Å². The predicted molar refractivity (Wildman–Crippen MR) is 122 cm³/mol. The van der Waals surface area contributed by atoms with Crippen molar-refractivity contribution in [2.45, 2.75) is 62.6 Å². The zero-order valence-corrected chi connectivity index (χ0v) is 19.7. The SMILES string of the molecule is N#C[C@H](C[C@@H]1CCCNC1=O)NC(=O)[C@H]1[C@@H]2CC[C@@H](CC2(F)F)N1C(=O)c1cc2c(F)ccc(F)c2[nH]1. The van der Waals surface area contributed by atoms with Crippen LogP contribution in [0.2, 0.25) is 0 Å². The van der Waals surface area contributed by atoms with Gasteiger partial charge in [0, 0.05) is 30.3 Å². The molecule has 8 nitrogen and oxygen atoms in total. The molecule has 3 aliphatic heterocycles. The van der Waals surface area contributed by atoms with Gasteiger partial charge in [0.25, 0.3) is 11.8 Å². The smallest absolute Gasteiger partial charge is 0.271 e. The molecule has 5 atom stereocenters. The first-order valence-corrected chi connectivity index (χ1v) is 12.3. The molecule has 2 aromatic rings. The summed E-state index contributed by atoms with van der Waals surface area (Å²) in [5, 5.41) is 14.6. The number of H-pyrrole nitrogens is 1. The van der Waals surface area contributed by atoms with E-state index in [2.05, 4.69) is 15.6 Å². The minimum Gasteiger partial charge on any atom is -0.356 e. The minimum atomic E-state index is -3.22. The van der Waals surface area contributed by atoms with E-state index in [9.17, 15) is 37.2 Å². The van der Waals surface area contributed by atoms with Crippen molar-refractivity contribution < 1.29 is 31.9 Å². The third-order valence-corrected chi connectivity index (χ3v) is 7.75. The number of hydrogen-bond donors (Lipinski definition) is 3. The van der Waals surface area contributed by atoms with Gasteiger partial charge >= 0.3 is 0 Å². The van der Waals surface area contributed by atoms with Crippen LogP contribution in [0, 0.1) is 34.8 Å². The van der Waals surface area contributed by atoms with Crippen LogP contribution in [0.1, 0.15) is 49.0 Å². The van der Waals surface area contributed by atoms with E-state index in [1.54, 1.807) is 0 Å². The molecule has 0 radical (unpaired) electrons. The van der Waals surface area contributed by atoms with Crippen molar-refractivity contribution in [2.75, 3.05) is 6.54 Å². The number of nitrogens with one attached hydrogen (secondary N) is 3. The Labute approximate surface area is 209 Å². The lowest BCUT2D eigenvalue weighted by Gasteiger charge is -2.53. The molecule has 37 heavy (non-hydrogen) atoms. The number of aromatic nitrogens is 1. The second kappa shape index (κ2) is 9.36. The summed E-state index contributed by atoms with van der Waals surface area (Å²) in [5.74, 6) is -8.76. The van der Waals surface area contributed by atoms with Crippen LogP contribution in [0.4, 0.5) is 17.6 Å². The number of amides is 3. The summed E-state index contributed by atoms with van der Waals surface area (Å²) in [7, 11) is 0. The fourth-order valence-electron chi connectivity index (χ4n) is 5.95. The van der Waals surface area contributed by atoms with Crippen LogP contribution in [-0.2, 0) is 9.59 Å². The van der Waals surface area contributed by atoms with E-state index in [-0.39, 0.29) is 41.8 Å². The van der Waals surface area contributed by atoms with E-state index in [1.165, 1.54) is 0 Å². The molecule has 1 aromatic carbocycles. The van der Waals surface area contributed by atoms with E-state index in [0.717, 1.165) is 29.5 Å². The average molecular weight is 519 g/mol. The van der Waals surface area contributed by atoms with Crippen molar-refractivity contribution in [1.82, 2.24) is 20.5 Å². The first-order valence-electron chi connectivity index (χ1n) is 12.3. The van der Waals surface area contributed by atoms with Gasteiger partial charge in [0.15, 0.2) is 0 Å². The fraction of sp³-hybridized carbons (Fsp3) is 0.520. The lowest BCUT2D eigenvalue weighted by molar-refractivity contribution is -0.179. The Kier molecular flexibility index (Phi) is 6.33. The van der Waals surface area contributed by atoms with Crippen molar-refractivity contribution >= 4 is 28.6 Å². The third kappa shape index (κ3) is 4.40. The Hall–Kier alpha value is -3.62. The van der Waals surface area contributed by atoms with E-state index < -0.39 is 65.8 Å². The van der Waals surface area contributed by atoms with E-state index in [0.29, 0.717) is 13.0 Å². The quantitative estimate of drug-likeness (QED) is 0.527. The molecule has 196 valence electrons. The third-order valence-electron chi connectivity index (χ3n) is 7.75. The largest absolute Gasteiger partial charge is 0.356 e. The normalized spacial score (nSPS) is 27.4. The number of aromatic amines is 1. The van der Waals surface area contributed by atoms with Crippen molar-refractivity contribution in [1.29, 1.82) is 5.26 Å². The molecule has 0 spiro atoms. The summed E-state index contributed by atoms with van der Waals surface area (Å²) in [5.41, 5.74) is -0.476. The highest BCUT2D eigenvalue weighted by Gasteiger charge is 2.60. The molecular formula is C25H25F4N5O3. The van der Waals surface area contributed by atoms with Gasteiger partial charge in [0.1, 0.15) is 29.4 Å². The van der Waals surface area contributed by atoms with Gasteiger partial charge in [-0.05, 0) is 50.3 Å². The summed E-state index contributed by atoms with van der Waals surface area (Å²) in [4.78, 5) is 42.6. The molecule has 1 saturated carbocycles. The van der Waals surface area contributed by atoms with Gasteiger partial charge in [0.05, 0.1) is 17.5 Å². The number of benzene rings is 1. The van der Waals surface area contributed by atoms with Crippen LogP contribution >= 0.6 is 0 Å². The monoisotopic (exact) mass is 519 g/mol. The molecule has 4 fully saturated rings. The maximum absolute atomic E-state index is 14.9. The standard InChI is InChI=1S/C25H25F4N5O3/c26-17-5-6-18(27)20-15(17)9-19(33-20)24(37)34-14-3-4-16(25(28,29)10-14)21(34)23(36)32-13(11-30)8-12-2-1-7-31-22(12)35/h5-6,9,12-14,16,21,33H,1-4,7-8,10H2,(H,31,35)(H,32,36)/t12-,13-,14-,16-,21+/m0/s1. The number of nitrogens with zero attached hydrogens (tertiary/aromatic N) is 2. The van der Waals surface area contributed by atoms with Gasteiger partial charge in [0.2, 0.25) is 11.8 Å². The molecule has 0 unspecified atom stereocenters. The van der Waals surface area contributed by atoms with Crippen LogP contribution in [0.15, 0.2) is 18.2 Å². The van der Waals surface area contributed by atoms with Gasteiger partial charge in [-0.2, -0.15) is 5.26 Å². The lowest BCUT2D eigenvalue weighted by atomic mass is 9.71. The zero-order chi connectivity index (χ0) is 26.5. The van der Waals surface area contributed by atoms with Crippen molar-refractivity contribution in [3.05, 3.63) is 35.5 Å². The fourth-order valence-corrected chi connectivity index (χ4v) is 5.95. The maximum atomic E-state index is 14.9. The Morgan fingerprint density at radius 3 is 2.65 bits per heavy atom. The summed E-state index contributed by atoms with van der Waals surface area (Å²) < 4.78 is 58.3. The van der Waals surface area contributed by atoms with Crippen molar-refractivity contribution in [3.8, 4) is 6.07 Å². The Morgan fingerprint density at radius 1 is 1.22 bits per heavy atom. The number of hydrogen-bond acceptors (Lipinski definition) is 4. The molecule has 1 aromatic heterocycles. The van der Waals surface area contributed by atoms with E-state index >= 15 is 0 Å². The predicted octanol–water partition coefficient (Wildman–Crippen LogP) is 3.00. The first kappa shape index (κ1) is 25.0. The highest BCUT2D eigenvalue weighted by atomic mass is 19.3. The Morgan fingerprint density at radius 2 is 1.97 bits per heavy atom. The topological polar surface area (TPSA) is 118 Å². The van der Waals surface area contributed by atoms with Gasteiger partial charge in [-0.1, -0.05) is 0 Å². The average Bonchev–Trinajstić information content (AvgIpc) is 3.33. The molecule has 3 saturated heterocycles. The number of nitriles is 1. The number of carbonyl (C=O) groups is 3. The van der Waals surface area contributed by atoms with Crippen LogP contribution in [0.25, 0.3) is 10.9 Å². The van der Waals surface area contributed by atoms with E-state index in [4.69, 9.17) is 0 Å².